The van der Waals surface area contributed by atoms with E-state index >= 15 is 0 Å². The fraction of sp³-hybridized carbons (Fsp3) is 0.263. The molecule has 0 aliphatic carbocycles. The highest BCUT2D eigenvalue weighted by Crippen LogP contribution is 2.25. The number of hydrogen-bond acceptors (Lipinski definition) is 6. The summed E-state index contributed by atoms with van der Waals surface area (Å²) in [6.07, 6.45) is 2.33. The third-order valence-electron chi connectivity index (χ3n) is 3.38. The van der Waals surface area contributed by atoms with Gasteiger partial charge in [0.05, 0.1) is 17.2 Å². The number of carbonyl (C=O) groups is 2. The van der Waals surface area contributed by atoms with E-state index in [0.717, 1.165) is 17.8 Å². The minimum absolute atomic E-state index is 0.0743. The van der Waals surface area contributed by atoms with Crippen molar-refractivity contribution >= 4 is 34.2 Å². The predicted octanol–water partition coefficient (Wildman–Crippen LogP) is 3.99. The summed E-state index contributed by atoms with van der Waals surface area (Å²) in [5.41, 5.74) is 1.13. The summed E-state index contributed by atoms with van der Waals surface area (Å²) in [5.74, 6) is -0.0842. The Kier molecular flexibility index (Phi) is 6.64. The highest BCUT2D eigenvalue weighted by atomic mass is 32.1. The van der Waals surface area contributed by atoms with Crippen LogP contribution in [0.1, 0.15) is 41.2 Å². The number of aromatic nitrogens is 1. The van der Waals surface area contributed by atoms with Gasteiger partial charge in [0, 0.05) is 12.5 Å². The topological polar surface area (TPSA) is 92.1 Å². The van der Waals surface area contributed by atoms with Crippen LogP contribution in [0.15, 0.2) is 29.8 Å². The molecule has 6 nitrogen and oxygen atoms in total. The molecule has 134 valence electrons. The molecular weight excluding hydrogens is 350 g/mol. The molecule has 0 saturated carbocycles. The van der Waals surface area contributed by atoms with Gasteiger partial charge in [-0.25, -0.2) is 4.98 Å². The average Bonchev–Trinajstić information content (AvgIpc) is 2.99. The fourth-order valence-electron chi connectivity index (χ4n) is 2.19. The molecule has 0 spiro atoms. The van der Waals surface area contributed by atoms with Gasteiger partial charge in [-0.05, 0) is 25.5 Å². The van der Waals surface area contributed by atoms with Crippen LogP contribution in [0, 0.1) is 18.3 Å². The van der Waals surface area contributed by atoms with Crippen molar-refractivity contribution in [2.75, 3.05) is 11.9 Å². The number of para-hydroxylation sites is 1. The second-order valence-electron chi connectivity index (χ2n) is 5.50. The lowest BCUT2D eigenvalue weighted by molar-refractivity contribution is -0.112. The first-order chi connectivity index (χ1) is 12.5. The Morgan fingerprint density at radius 3 is 2.73 bits per heavy atom. The van der Waals surface area contributed by atoms with Crippen molar-refractivity contribution in [3.8, 4) is 11.8 Å². The van der Waals surface area contributed by atoms with Crippen molar-refractivity contribution in [1.29, 1.82) is 5.26 Å². The average molecular weight is 369 g/mol. The minimum atomic E-state index is -0.582. The van der Waals surface area contributed by atoms with E-state index in [2.05, 4.69) is 10.3 Å². The normalized spacial score (nSPS) is 10.9. The third-order valence-corrected chi connectivity index (χ3v) is 4.56. The molecule has 2 rings (SSSR count). The third kappa shape index (κ3) is 4.77. The molecule has 0 aliphatic rings. The Morgan fingerprint density at radius 1 is 1.38 bits per heavy atom. The summed E-state index contributed by atoms with van der Waals surface area (Å²) < 4.78 is 5.64. The van der Waals surface area contributed by atoms with Crippen LogP contribution in [0.4, 0.5) is 5.13 Å². The van der Waals surface area contributed by atoms with E-state index in [0.29, 0.717) is 28.5 Å². The van der Waals surface area contributed by atoms with Gasteiger partial charge in [-0.15, -0.1) is 0 Å². The number of rotatable bonds is 7. The number of carbonyl (C=O) groups excluding carboxylic acids is 2. The van der Waals surface area contributed by atoms with E-state index in [-0.39, 0.29) is 16.5 Å². The summed E-state index contributed by atoms with van der Waals surface area (Å²) in [6.45, 7) is 5.69. The SMILES string of the molecule is CCCOc1ccccc1/C=C(\C#N)C(=O)Nc1nc(C)c(C(C)=O)s1. The Hall–Kier alpha value is -2.98. The maximum atomic E-state index is 12.4. The van der Waals surface area contributed by atoms with E-state index < -0.39 is 5.91 Å². The lowest BCUT2D eigenvalue weighted by atomic mass is 10.1. The molecule has 26 heavy (non-hydrogen) atoms. The second-order valence-corrected chi connectivity index (χ2v) is 6.50. The molecule has 2 aromatic rings. The molecule has 0 atom stereocenters. The van der Waals surface area contributed by atoms with Crippen LogP contribution in [-0.4, -0.2) is 23.3 Å². The lowest BCUT2D eigenvalue weighted by Crippen LogP contribution is -2.13. The summed E-state index contributed by atoms with van der Waals surface area (Å²) in [7, 11) is 0. The van der Waals surface area contributed by atoms with Gasteiger partial charge >= 0.3 is 0 Å². The molecule has 0 aliphatic heterocycles. The van der Waals surface area contributed by atoms with Crippen LogP contribution in [0.25, 0.3) is 6.08 Å². The molecule has 0 saturated heterocycles. The molecule has 1 aromatic heterocycles. The van der Waals surface area contributed by atoms with Crippen molar-refractivity contribution < 1.29 is 14.3 Å². The van der Waals surface area contributed by atoms with E-state index in [9.17, 15) is 14.9 Å². The standard InChI is InChI=1S/C19H19N3O3S/c1-4-9-25-16-8-6-5-7-14(16)10-15(11-20)18(24)22-19-21-12(2)17(26-19)13(3)23/h5-8,10H,4,9H2,1-3H3,(H,21,22,24)/b15-10+. The maximum Gasteiger partial charge on any atom is 0.268 e. The molecule has 1 heterocycles. The number of hydrogen-bond donors (Lipinski definition) is 1. The van der Waals surface area contributed by atoms with Crippen LogP contribution in [0.3, 0.4) is 0 Å². The van der Waals surface area contributed by atoms with Crippen LogP contribution < -0.4 is 10.1 Å². The van der Waals surface area contributed by atoms with Crippen LogP contribution in [0.5, 0.6) is 5.75 Å². The zero-order valence-electron chi connectivity index (χ0n) is 14.8. The Balaban J connectivity index is 2.24. The summed E-state index contributed by atoms with van der Waals surface area (Å²) >= 11 is 1.09. The van der Waals surface area contributed by atoms with Gasteiger partial charge in [0.15, 0.2) is 10.9 Å². The zero-order valence-corrected chi connectivity index (χ0v) is 15.6. The van der Waals surface area contributed by atoms with Crippen LogP contribution >= 0.6 is 11.3 Å². The number of amides is 1. The molecule has 0 radical (unpaired) electrons. The second kappa shape index (κ2) is 8.92. The van der Waals surface area contributed by atoms with E-state index in [4.69, 9.17) is 4.74 Å². The minimum Gasteiger partial charge on any atom is -0.493 e. The number of aryl methyl sites for hydroxylation is 1. The zero-order chi connectivity index (χ0) is 19.1. The molecule has 1 N–H and O–H groups in total. The van der Waals surface area contributed by atoms with Crippen molar-refractivity contribution in [2.24, 2.45) is 0 Å². The van der Waals surface area contributed by atoms with Gasteiger partial charge in [0.1, 0.15) is 17.4 Å². The molecule has 0 bridgehead atoms. The van der Waals surface area contributed by atoms with Gasteiger partial charge in [-0.2, -0.15) is 5.26 Å². The number of ether oxygens (including phenoxy) is 1. The number of benzene rings is 1. The van der Waals surface area contributed by atoms with E-state index in [1.807, 2.05) is 19.1 Å². The van der Waals surface area contributed by atoms with E-state index in [1.54, 1.807) is 25.1 Å². The highest BCUT2D eigenvalue weighted by molar-refractivity contribution is 7.17. The molecule has 0 fully saturated rings. The highest BCUT2D eigenvalue weighted by Gasteiger charge is 2.16. The first-order valence-electron chi connectivity index (χ1n) is 8.09. The van der Waals surface area contributed by atoms with Crippen molar-refractivity contribution in [2.45, 2.75) is 27.2 Å². The molecule has 1 amide bonds. The monoisotopic (exact) mass is 369 g/mol. The maximum absolute atomic E-state index is 12.4. The number of anilines is 1. The Bertz CT molecular complexity index is 894. The Morgan fingerprint density at radius 2 is 2.12 bits per heavy atom. The molecule has 0 unspecified atom stereocenters. The van der Waals surface area contributed by atoms with Gasteiger partial charge in [-0.1, -0.05) is 36.5 Å². The summed E-state index contributed by atoms with van der Waals surface area (Å²) in [6, 6.07) is 9.10. The summed E-state index contributed by atoms with van der Waals surface area (Å²) in [5, 5.41) is 12.2. The first-order valence-corrected chi connectivity index (χ1v) is 8.91. The van der Waals surface area contributed by atoms with Crippen molar-refractivity contribution in [3.63, 3.8) is 0 Å². The fourth-order valence-corrected chi connectivity index (χ4v) is 3.05. The van der Waals surface area contributed by atoms with Crippen LogP contribution in [-0.2, 0) is 4.79 Å². The smallest absolute Gasteiger partial charge is 0.268 e. The number of ketones is 1. The van der Waals surface area contributed by atoms with Gasteiger partial charge in [-0.3, -0.25) is 14.9 Å². The van der Waals surface area contributed by atoms with Gasteiger partial charge in [0.25, 0.3) is 5.91 Å². The number of thiazole rings is 1. The largest absolute Gasteiger partial charge is 0.493 e. The summed E-state index contributed by atoms with van der Waals surface area (Å²) in [4.78, 5) is 28.5. The molecule has 7 heteroatoms. The van der Waals surface area contributed by atoms with Crippen molar-refractivity contribution in [1.82, 2.24) is 4.98 Å². The van der Waals surface area contributed by atoms with Crippen molar-refractivity contribution in [3.05, 3.63) is 46.0 Å². The number of nitriles is 1. The number of Topliss-reactive ketones (excluding diaryl/α,β-unsaturated/α-hetero) is 1. The predicted molar refractivity (Wildman–Crippen MR) is 101 cm³/mol. The van der Waals surface area contributed by atoms with E-state index in [1.165, 1.54) is 13.0 Å². The lowest BCUT2D eigenvalue weighted by Gasteiger charge is -2.08. The van der Waals surface area contributed by atoms with Gasteiger partial charge < -0.3 is 4.74 Å². The van der Waals surface area contributed by atoms with Gasteiger partial charge in [0.2, 0.25) is 0 Å². The number of nitrogens with one attached hydrogen (secondary N) is 1. The first kappa shape index (κ1) is 19.3. The number of nitrogens with zero attached hydrogens (tertiary/aromatic N) is 2. The molecular formula is C19H19N3O3S. The van der Waals surface area contributed by atoms with Crippen LogP contribution in [0.2, 0.25) is 0 Å². The quantitative estimate of drug-likeness (QED) is 0.453. The molecule has 1 aromatic carbocycles. The Labute approximate surface area is 156 Å².